The molecule has 0 spiro atoms. The van der Waals surface area contributed by atoms with Gasteiger partial charge in [0, 0.05) is 30.3 Å². The van der Waals surface area contributed by atoms with Gasteiger partial charge in [-0.2, -0.15) is 0 Å². The van der Waals surface area contributed by atoms with E-state index in [1.807, 2.05) is 10.8 Å². The van der Waals surface area contributed by atoms with E-state index in [4.69, 9.17) is 0 Å². The fourth-order valence-corrected chi connectivity index (χ4v) is 2.53. The number of carbonyl (C=O) groups is 2. The van der Waals surface area contributed by atoms with Crippen molar-refractivity contribution in [2.45, 2.75) is 38.8 Å². The maximum atomic E-state index is 12.4. The van der Waals surface area contributed by atoms with Gasteiger partial charge in [-0.3, -0.25) is 9.59 Å². The number of nitrogens with zero attached hydrogens (tertiary/aromatic N) is 2. The number of aryl methyl sites for hydroxylation is 1. The van der Waals surface area contributed by atoms with E-state index in [0.29, 0.717) is 11.7 Å². The van der Waals surface area contributed by atoms with Crippen molar-refractivity contribution < 1.29 is 9.59 Å². The molecule has 1 heterocycles. The predicted octanol–water partition coefficient (Wildman–Crippen LogP) is 2.01. The average Bonchev–Trinajstić information content (AvgIpc) is 3.11. The van der Waals surface area contributed by atoms with Crippen LogP contribution in [0.15, 0.2) is 16.7 Å². The van der Waals surface area contributed by atoms with Gasteiger partial charge in [0.05, 0.1) is 6.54 Å². The number of amides is 2. The summed E-state index contributed by atoms with van der Waals surface area (Å²) in [7, 11) is 1.66. The Hall–Kier alpha value is -1.30. The minimum Gasteiger partial charge on any atom is -0.352 e. The highest BCUT2D eigenvalue weighted by Crippen LogP contribution is 2.19. The van der Waals surface area contributed by atoms with Crippen LogP contribution in [0.5, 0.6) is 0 Å². The van der Waals surface area contributed by atoms with Crippen molar-refractivity contribution in [2.75, 3.05) is 13.6 Å². The van der Waals surface area contributed by atoms with Gasteiger partial charge in [0.25, 0.3) is 5.91 Å². The highest BCUT2D eigenvalue weighted by molar-refractivity contribution is 9.10. The van der Waals surface area contributed by atoms with Crippen molar-refractivity contribution in [1.82, 2.24) is 14.8 Å². The molecule has 1 aromatic rings. The topological polar surface area (TPSA) is 54.3 Å². The molecule has 1 fully saturated rings. The number of aromatic nitrogens is 1. The molecule has 1 N–H and O–H groups in total. The van der Waals surface area contributed by atoms with E-state index in [1.165, 1.54) is 4.90 Å². The second-order valence-corrected chi connectivity index (χ2v) is 6.16. The quantitative estimate of drug-likeness (QED) is 0.860. The van der Waals surface area contributed by atoms with Crippen LogP contribution in [-0.4, -0.2) is 40.9 Å². The van der Waals surface area contributed by atoms with E-state index in [-0.39, 0.29) is 18.4 Å². The Morgan fingerprint density at radius 1 is 1.50 bits per heavy atom. The largest absolute Gasteiger partial charge is 0.352 e. The zero-order valence-corrected chi connectivity index (χ0v) is 13.4. The summed E-state index contributed by atoms with van der Waals surface area (Å²) in [6.45, 7) is 2.95. The Bertz CT molecular complexity index is 509. The lowest BCUT2D eigenvalue weighted by Crippen LogP contribution is -2.39. The van der Waals surface area contributed by atoms with Crippen LogP contribution in [0.3, 0.4) is 0 Å². The van der Waals surface area contributed by atoms with Crippen molar-refractivity contribution in [3.8, 4) is 0 Å². The zero-order valence-electron chi connectivity index (χ0n) is 11.9. The van der Waals surface area contributed by atoms with E-state index in [2.05, 4.69) is 28.2 Å². The first-order chi connectivity index (χ1) is 9.51. The predicted molar refractivity (Wildman–Crippen MR) is 80.5 cm³/mol. The van der Waals surface area contributed by atoms with Crippen LogP contribution < -0.4 is 5.32 Å². The summed E-state index contributed by atoms with van der Waals surface area (Å²) in [4.78, 5) is 25.6. The highest BCUT2D eigenvalue weighted by atomic mass is 79.9. The molecule has 110 valence electrons. The van der Waals surface area contributed by atoms with Crippen LogP contribution in [0.25, 0.3) is 0 Å². The van der Waals surface area contributed by atoms with Gasteiger partial charge in [-0.15, -0.1) is 0 Å². The molecule has 2 amide bonds. The summed E-state index contributed by atoms with van der Waals surface area (Å²) in [5.74, 6) is -0.217. The summed E-state index contributed by atoms with van der Waals surface area (Å²) < 4.78 is 2.80. The maximum absolute atomic E-state index is 12.4. The summed E-state index contributed by atoms with van der Waals surface area (Å²) in [5.41, 5.74) is 0.612. The van der Waals surface area contributed by atoms with Gasteiger partial charge < -0.3 is 14.8 Å². The molecule has 20 heavy (non-hydrogen) atoms. The van der Waals surface area contributed by atoms with E-state index < -0.39 is 0 Å². The van der Waals surface area contributed by atoms with Crippen LogP contribution in [0.1, 0.15) is 36.7 Å². The lowest BCUT2D eigenvalue weighted by atomic mass is 10.3. The van der Waals surface area contributed by atoms with E-state index in [0.717, 1.165) is 30.3 Å². The lowest BCUT2D eigenvalue weighted by Gasteiger charge is -2.17. The highest BCUT2D eigenvalue weighted by Gasteiger charge is 2.25. The second-order valence-electron chi connectivity index (χ2n) is 5.24. The Balaban J connectivity index is 1.99. The lowest BCUT2D eigenvalue weighted by molar-refractivity contribution is -0.121. The second kappa shape index (κ2) is 6.43. The van der Waals surface area contributed by atoms with Gasteiger partial charge in [0.2, 0.25) is 5.91 Å². The Labute approximate surface area is 127 Å². The van der Waals surface area contributed by atoms with Crippen molar-refractivity contribution in [1.29, 1.82) is 0 Å². The molecule has 0 bridgehead atoms. The molecule has 0 aromatic carbocycles. The number of hydrogen-bond donors (Lipinski definition) is 1. The molecule has 0 saturated heterocycles. The SMILES string of the molecule is CCCn1cc(Br)cc1C(=O)N(C)CC(=O)NC1CC1. The third kappa shape index (κ3) is 3.85. The minimum absolute atomic E-state index is 0.0870. The van der Waals surface area contributed by atoms with Gasteiger partial charge in [0.15, 0.2) is 0 Å². The van der Waals surface area contributed by atoms with Crippen molar-refractivity contribution in [2.24, 2.45) is 0 Å². The summed E-state index contributed by atoms with van der Waals surface area (Å²) in [6.07, 6.45) is 4.95. The van der Waals surface area contributed by atoms with E-state index >= 15 is 0 Å². The summed E-state index contributed by atoms with van der Waals surface area (Å²) >= 11 is 3.39. The molecule has 5 nitrogen and oxygen atoms in total. The van der Waals surface area contributed by atoms with Crippen molar-refractivity contribution >= 4 is 27.7 Å². The zero-order chi connectivity index (χ0) is 14.7. The molecular weight excluding hydrogens is 322 g/mol. The normalized spacial score (nSPS) is 14.2. The van der Waals surface area contributed by atoms with Crippen LogP contribution in [-0.2, 0) is 11.3 Å². The minimum atomic E-state index is -0.130. The Morgan fingerprint density at radius 3 is 2.80 bits per heavy atom. The molecule has 6 heteroatoms. The molecule has 1 aliphatic rings. The number of hydrogen-bond acceptors (Lipinski definition) is 2. The molecule has 0 unspecified atom stereocenters. The third-order valence-corrected chi connectivity index (χ3v) is 3.65. The van der Waals surface area contributed by atoms with Crippen molar-refractivity contribution in [3.63, 3.8) is 0 Å². The summed E-state index contributed by atoms with van der Waals surface area (Å²) in [5, 5.41) is 2.89. The van der Waals surface area contributed by atoms with E-state index in [9.17, 15) is 9.59 Å². The molecule has 2 rings (SSSR count). The van der Waals surface area contributed by atoms with Crippen LogP contribution in [0.2, 0.25) is 0 Å². The van der Waals surface area contributed by atoms with Gasteiger partial charge in [-0.25, -0.2) is 0 Å². The van der Waals surface area contributed by atoms with Crippen LogP contribution in [0.4, 0.5) is 0 Å². The molecular formula is C14H20BrN3O2. The van der Waals surface area contributed by atoms with Gasteiger partial charge in [-0.1, -0.05) is 6.92 Å². The molecule has 0 atom stereocenters. The maximum Gasteiger partial charge on any atom is 0.270 e. The standard InChI is InChI=1S/C14H20BrN3O2/c1-3-6-18-8-10(15)7-12(18)14(20)17(2)9-13(19)16-11-4-5-11/h7-8,11H,3-6,9H2,1-2H3,(H,16,19). The fraction of sp³-hybridized carbons (Fsp3) is 0.571. The molecule has 1 aliphatic carbocycles. The summed E-state index contributed by atoms with van der Waals surface area (Å²) in [6, 6.07) is 2.12. The van der Waals surface area contributed by atoms with E-state index in [1.54, 1.807) is 13.1 Å². The first-order valence-electron chi connectivity index (χ1n) is 6.91. The van der Waals surface area contributed by atoms with Gasteiger partial charge in [-0.05, 0) is 41.3 Å². The smallest absolute Gasteiger partial charge is 0.270 e. The number of rotatable bonds is 6. The number of nitrogens with one attached hydrogen (secondary N) is 1. The fourth-order valence-electron chi connectivity index (χ4n) is 2.06. The monoisotopic (exact) mass is 341 g/mol. The number of halogens is 1. The number of carbonyl (C=O) groups excluding carboxylic acids is 2. The first-order valence-corrected chi connectivity index (χ1v) is 7.71. The Kier molecular flexibility index (Phi) is 4.86. The Morgan fingerprint density at radius 2 is 2.20 bits per heavy atom. The van der Waals surface area contributed by atoms with Crippen LogP contribution in [0, 0.1) is 0 Å². The molecule has 0 aliphatic heterocycles. The average molecular weight is 342 g/mol. The molecule has 1 saturated carbocycles. The molecule has 0 radical (unpaired) electrons. The van der Waals surface area contributed by atoms with Crippen LogP contribution >= 0.6 is 15.9 Å². The molecule has 1 aromatic heterocycles. The van der Waals surface area contributed by atoms with Gasteiger partial charge >= 0.3 is 0 Å². The number of likely N-dealkylation sites (N-methyl/N-ethyl adjacent to an activating group) is 1. The van der Waals surface area contributed by atoms with Gasteiger partial charge in [0.1, 0.15) is 5.69 Å². The van der Waals surface area contributed by atoms with Crippen molar-refractivity contribution in [3.05, 3.63) is 22.4 Å². The first kappa shape index (κ1) is 15.1. The third-order valence-electron chi connectivity index (χ3n) is 3.22.